The minimum absolute atomic E-state index is 0.0312. The van der Waals surface area contributed by atoms with Crippen LogP contribution in [0, 0.1) is 0 Å². The van der Waals surface area contributed by atoms with Crippen molar-refractivity contribution in [3.8, 4) is 0 Å². The number of hydrogen-bond acceptors (Lipinski definition) is 2. The third-order valence-electron chi connectivity index (χ3n) is 2.75. The van der Waals surface area contributed by atoms with Gasteiger partial charge in [-0.25, -0.2) is 0 Å². The molecule has 0 aliphatic carbocycles. The highest BCUT2D eigenvalue weighted by Crippen LogP contribution is 2.36. The fraction of sp³-hybridized carbons (Fsp3) is 0.571. The topological polar surface area (TPSA) is 20.2 Å². The third kappa shape index (κ3) is 4.58. The minimum atomic E-state index is -0.0312. The van der Waals surface area contributed by atoms with Crippen LogP contribution in [0.3, 0.4) is 0 Å². The molecule has 0 heterocycles. The molecule has 1 rings (SSSR count). The number of unbranched alkanes of at least 4 members (excludes halogenated alkanes) is 2. The van der Waals surface area contributed by atoms with Crippen LogP contribution in [0.1, 0.15) is 39.5 Å². The summed E-state index contributed by atoms with van der Waals surface area (Å²) in [5, 5.41) is 9.53. The van der Waals surface area contributed by atoms with Crippen LogP contribution in [-0.2, 0) is 0 Å². The van der Waals surface area contributed by atoms with E-state index in [1.807, 2.05) is 18.2 Å². The van der Waals surface area contributed by atoms with Gasteiger partial charge in [0.1, 0.15) is 0 Å². The van der Waals surface area contributed by atoms with E-state index in [1.54, 1.807) is 11.8 Å². The van der Waals surface area contributed by atoms with E-state index in [-0.39, 0.29) is 11.4 Å². The SMILES string of the molecule is CCCCCC(C)(CO)Sc1ccccc1. The van der Waals surface area contributed by atoms with Crippen molar-refractivity contribution in [2.24, 2.45) is 0 Å². The van der Waals surface area contributed by atoms with Gasteiger partial charge in [-0.1, -0.05) is 44.4 Å². The van der Waals surface area contributed by atoms with Crippen LogP contribution in [0.2, 0.25) is 0 Å². The van der Waals surface area contributed by atoms with Crippen molar-refractivity contribution in [2.45, 2.75) is 49.2 Å². The van der Waals surface area contributed by atoms with Gasteiger partial charge in [0, 0.05) is 9.64 Å². The average Bonchev–Trinajstić information content (AvgIpc) is 2.31. The number of benzene rings is 1. The first-order valence-corrected chi connectivity index (χ1v) is 6.87. The molecule has 0 saturated carbocycles. The lowest BCUT2D eigenvalue weighted by molar-refractivity contribution is 0.247. The zero-order valence-electron chi connectivity index (χ0n) is 10.3. The summed E-state index contributed by atoms with van der Waals surface area (Å²) in [6.07, 6.45) is 4.77. The van der Waals surface area contributed by atoms with Gasteiger partial charge in [-0.2, -0.15) is 0 Å². The average molecular weight is 238 g/mol. The highest BCUT2D eigenvalue weighted by Gasteiger charge is 2.23. The summed E-state index contributed by atoms with van der Waals surface area (Å²) >= 11 is 1.79. The molecule has 1 unspecified atom stereocenters. The Hall–Kier alpha value is -0.470. The summed E-state index contributed by atoms with van der Waals surface area (Å²) in [7, 11) is 0. The van der Waals surface area contributed by atoms with E-state index in [0.29, 0.717) is 0 Å². The molecule has 1 aromatic carbocycles. The molecule has 1 nitrogen and oxygen atoms in total. The lowest BCUT2D eigenvalue weighted by atomic mass is 10.0. The first-order valence-electron chi connectivity index (χ1n) is 6.05. The second-order valence-electron chi connectivity index (χ2n) is 4.48. The van der Waals surface area contributed by atoms with Crippen LogP contribution >= 0.6 is 11.8 Å². The van der Waals surface area contributed by atoms with Gasteiger partial charge >= 0.3 is 0 Å². The molecular formula is C14H22OS. The van der Waals surface area contributed by atoms with Gasteiger partial charge in [0.2, 0.25) is 0 Å². The molecule has 0 radical (unpaired) electrons. The van der Waals surface area contributed by atoms with Gasteiger partial charge in [0.15, 0.2) is 0 Å². The molecule has 0 saturated heterocycles. The van der Waals surface area contributed by atoms with Crippen LogP contribution in [-0.4, -0.2) is 16.5 Å². The van der Waals surface area contributed by atoms with Crippen molar-refractivity contribution in [1.82, 2.24) is 0 Å². The maximum atomic E-state index is 9.53. The number of rotatable bonds is 7. The fourth-order valence-electron chi connectivity index (χ4n) is 1.68. The van der Waals surface area contributed by atoms with Gasteiger partial charge in [0.05, 0.1) is 6.61 Å². The van der Waals surface area contributed by atoms with Crippen molar-refractivity contribution in [1.29, 1.82) is 0 Å². The summed E-state index contributed by atoms with van der Waals surface area (Å²) in [6, 6.07) is 10.3. The summed E-state index contributed by atoms with van der Waals surface area (Å²) < 4.78 is -0.0312. The number of aliphatic hydroxyl groups is 1. The van der Waals surface area contributed by atoms with Crippen molar-refractivity contribution in [3.05, 3.63) is 30.3 Å². The Kier molecular flexibility index (Phi) is 5.93. The molecule has 0 amide bonds. The van der Waals surface area contributed by atoms with E-state index in [9.17, 15) is 5.11 Å². The maximum Gasteiger partial charge on any atom is 0.0579 e. The number of aliphatic hydroxyl groups excluding tert-OH is 1. The van der Waals surface area contributed by atoms with E-state index in [1.165, 1.54) is 24.2 Å². The number of hydrogen-bond donors (Lipinski definition) is 1. The number of thioether (sulfide) groups is 1. The maximum absolute atomic E-state index is 9.53. The second kappa shape index (κ2) is 6.97. The molecular weight excluding hydrogens is 216 g/mol. The summed E-state index contributed by atoms with van der Waals surface area (Å²) in [5.74, 6) is 0. The minimum Gasteiger partial charge on any atom is -0.395 e. The lowest BCUT2D eigenvalue weighted by Gasteiger charge is -2.26. The zero-order chi connectivity index (χ0) is 11.9. The summed E-state index contributed by atoms with van der Waals surface area (Å²) in [6.45, 7) is 4.61. The molecule has 0 fully saturated rings. The van der Waals surface area contributed by atoms with Crippen LogP contribution < -0.4 is 0 Å². The van der Waals surface area contributed by atoms with Gasteiger partial charge in [-0.15, -0.1) is 11.8 Å². The van der Waals surface area contributed by atoms with Crippen molar-refractivity contribution >= 4 is 11.8 Å². The van der Waals surface area contributed by atoms with Crippen LogP contribution in [0.5, 0.6) is 0 Å². The second-order valence-corrected chi connectivity index (χ2v) is 6.14. The van der Waals surface area contributed by atoms with Crippen molar-refractivity contribution in [3.63, 3.8) is 0 Å². The zero-order valence-corrected chi connectivity index (χ0v) is 11.1. The lowest BCUT2D eigenvalue weighted by Crippen LogP contribution is -2.24. The Balaban J connectivity index is 2.52. The first kappa shape index (κ1) is 13.6. The van der Waals surface area contributed by atoms with Gasteiger partial charge in [0.25, 0.3) is 0 Å². The standard InChI is InChI=1S/C14H22OS/c1-3-4-8-11-14(2,12-15)16-13-9-6-5-7-10-13/h5-7,9-10,15H,3-4,8,11-12H2,1-2H3. The Morgan fingerprint density at radius 2 is 1.88 bits per heavy atom. The molecule has 1 atom stereocenters. The molecule has 0 aromatic heterocycles. The molecule has 16 heavy (non-hydrogen) atoms. The van der Waals surface area contributed by atoms with Gasteiger partial charge < -0.3 is 5.11 Å². The predicted octanol–water partition coefficient (Wildman–Crippen LogP) is 4.11. The van der Waals surface area contributed by atoms with E-state index >= 15 is 0 Å². The van der Waals surface area contributed by atoms with E-state index in [2.05, 4.69) is 26.0 Å². The molecule has 90 valence electrons. The van der Waals surface area contributed by atoms with Crippen molar-refractivity contribution < 1.29 is 5.11 Å². The van der Waals surface area contributed by atoms with E-state index in [0.717, 1.165) is 6.42 Å². The monoisotopic (exact) mass is 238 g/mol. The van der Waals surface area contributed by atoms with Crippen molar-refractivity contribution in [2.75, 3.05) is 6.61 Å². The van der Waals surface area contributed by atoms with E-state index < -0.39 is 0 Å². The largest absolute Gasteiger partial charge is 0.395 e. The predicted molar refractivity (Wildman–Crippen MR) is 71.9 cm³/mol. The molecule has 0 spiro atoms. The highest BCUT2D eigenvalue weighted by molar-refractivity contribution is 8.00. The van der Waals surface area contributed by atoms with Crippen LogP contribution in [0.15, 0.2) is 35.2 Å². The Labute approximate surface area is 103 Å². The summed E-state index contributed by atoms with van der Waals surface area (Å²) in [5.41, 5.74) is 0. The van der Waals surface area contributed by atoms with E-state index in [4.69, 9.17) is 0 Å². The Bertz CT molecular complexity index is 286. The molecule has 1 aromatic rings. The molecule has 2 heteroatoms. The van der Waals surface area contributed by atoms with Crippen LogP contribution in [0.25, 0.3) is 0 Å². The smallest absolute Gasteiger partial charge is 0.0579 e. The normalized spacial score (nSPS) is 14.7. The quantitative estimate of drug-likeness (QED) is 0.570. The molecule has 0 aliphatic heterocycles. The Morgan fingerprint density at radius 3 is 2.44 bits per heavy atom. The molecule has 0 aliphatic rings. The first-order chi connectivity index (χ1) is 7.70. The highest BCUT2D eigenvalue weighted by atomic mass is 32.2. The third-order valence-corrected chi connectivity index (χ3v) is 4.08. The molecule has 0 bridgehead atoms. The van der Waals surface area contributed by atoms with Gasteiger partial charge in [-0.05, 0) is 25.5 Å². The summed E-state index contributed by atoms with van der Waals surface area (Å²) in [4.78, 5) is 1.25. The van der Waals surface area contributed by atoms with Crippen LogP contribution in [0.4, 0.5) is 0 Å². The van der Waals surface area contributed by atoms with Gasteiger partial charge in [-0.3, -0.25) is 0 Å². The fourth-order valence-corrected chi connectivity index (χ4v) is 2.86. The Morgan fingerprint density at radius 1 is 1.19 bits per heavy atom. The molecule has 1 N–H and O–H groups in total.